The third-order valence-electron chi connectivity index (χ3n) is 5.01. The lowest BCUT2D eigenvalue weighted by Crippen LogP contribution is -2.32. The number of aromatic nitrogens is 3. The van der Waals surface area contributed by atoms with E-state index in [1.54, 1.807) is 30.4 Å². The summed E-state index contributed by atoms with van der Waals surface area (Å²) in [5.41, 5.74) is 0.969. The maximum Gasteiger partial charge on any atom is 0.260 e. The smallest absolute Gasteiger partial charge is 0.260 e. The maximum atomic E-state index is 13.6. The van der Waals surface area contributed by atoms with Crippen molar-refractivity contribution in [2.24, 2.45) is 0 Å². The Morgan fingerprint density at radius 2 is 1.97 bits per heavy atom. The molecule has 0 spiro atoms. The predicted octanol–water partition coefficient (Wildman–Crippen LogP) is 4.16. The minimum atomic E-state index is -3.35. The molecule has 32 heavy (non-hydrogen) atoms. The number of anilines is 1. The Labute approximate surface area is 189 Å². The van der Waals surface area contributed by atoms with Crippen molar-refractivity contribution in [3.63, 3.8) is 0 Å². The van der Waals surface area contributed by atoms with E-state index >= 15 is 0 Å². The second-order valence-electron chi connectivity index (χ2n) is 7.15. The number of hydrogen-bond donors (Lipinski definition) is 0. The zero-order valence-electron chi connectivity index (χ0n) is 17.3. The van der Waals surface area contributed by atoms with Crippen molar-refractivity contribution in [2.45, 2.75) is 24.8 Å². The minimum Gasteiger partial charge on any atom is -0.337 e. The number of amides is 1. The van der Waals surface area contributed by atoms with Gasteiger partial charge in [0.05, 0.1) is 27.2 Å². The highest BCUT2D eigenvalue weighted by atomic mass is 32.2. The minimum absolute atomic E-state index is 0.0110. The lowest BCUT2D eigenvalue weighted by molar-refractivity contribution is 0.0986. The number of sulfone groups is 1. The van der Waals surface area contributed by atoms with Gasteiger partial charge in [0.25, 0.3) is 5.91 Å². The third-order valence-corrected chi connectivity index (χ3v) is 7.80. The number of carbonyl (C=O) groups excluding carboxylic acids is 1. The number of imidazole rings is 1. The van der Waals surface area contributed by atoms with Gasteiger partial charge in [0.2, 0.25) is 0 Å². The van der Waals surface area contributed by atoms with E-state index in [1.165, 1.54) is 47.7 Å². The van der Waals surface area contributed by atoms with Crippen LogP contribution >= 0.6 is 11.3 Å². The van der Waals surface area contributed by atoms with Crippen LogP contribution in [0.3, 0.4) is 0 Å². The SMILES string of the molecule is CCS(=O)(=O)c1ccc(C(=O)N(CCCn2ccnc2)c2nc3ccc(F)cc3s2)cc1. The second kappa shape index (κ2) is 9.17. The molecule has 0 radical (unpaired) electrons. The van der Waals surface area contributed by atoms with Crippen LogP contribution < -0.4 is 4.90 Å². The summed E-state index contributed by atoms with van der Waals surface area (Å²) in [5.74, 6) is -0.669. The highest BCUT2D eigenvalue weighted by molar-refractivity contribution is 7.91. The van der Waals surface area contributed by atoms with Gasteiger partial charge in [-0.25, -0.2) is 22.8 Å². The molecule has 0 aliphatic carbocycles. The van der Waals surface area contributed by atoms with Crippen molar-refractivity contribution in [3.8, 4) is 0 Å². The van der Waals surface area contributed by atoms with Gasteiger partial charge < -0.3 is 4.57 Å². The molecule has 4 aromatic rings. The van der Waals surface area contributed by atoms with Crippen LogP contribution in [0.15, 0.2) is 66.1 Å². The van der Waals surface area contributed by atoms with Crippen LogP contribution in [0, 0.1) is 5.82 Å². The number of fused-ring (bicyclic) bond motifs is 1. The normalized spacial score (nSPS) is 11.7. The lowest BCUT2D eigenvalue weighted by Gasteiger charge is -2.20. The Morgan fingerprint density at radius 3 is 2.66 bits per heavy atom. The second-order valence-corrected chi connectivity index (χ2v) is 10.4. The van der Waals surface area contributed by atoms with Gasteiger partial charge in [-0.05, 0) is 48.9 Å². The number of nitrogens with zero attached hydrogens (tertiary/aromatic N) is 4. The molecular weight excluding hydrogens is 451 g/mol. The van der Waals surface area contributed by atoms with Crippen LogP contribution in [0.2, 0.25) is 0 Å². The lowest BCUT2D eigenvalue weighted by atomic mass is 10.2. The zero-order chi connectivity index (χ0) is 22.7. The largest absolute Gasteiger partial charge is 0.337 e. The van der Waals surface area contributed by atoms with Gasteiger partial charge >= 0.3 is 0 Å². The average Bonchev–Trinajstić information content (AvgIpc) is 3.46. The van der Waals surface area contributed by atoms with E-state index in [-0.39, 0.29) is 22.4 Å². The number of aryl methyl sites for hydroxylation is 1. The van der Waals surface area contributed by atoms with E-state index in [1.807, 2.05) is 10.8 Å². The summed E-state index contributed by atoms with van der Waals surface area (Å²) in [5, 5.41) is 0.464. The maximum absolute atomic E-state index is 13.6. The molecular formula is C22H21FN4O3S2. The summed E-state index contributed by atoms with van der Waals surface area (Å²) in [4.78, 5) is 23.6. The Morgan fingerprint density at radius 1 is 1.19 bits per heavy atom. The van der Waals surface area contributed by atoms with Gasteiger partial charge in [0.15, 0.2) is 15.0 Å². The summed E-state index contributed by atoms with van der Waals surface area (Å²) in [6.45, 7) is 2.62. The quantitative estimate of drug-likeness (QED) is 0.384. The number of benzene rings is 2. The molecule has 0 atom stereocenters. The standard InChI is InChI=1S/C22H21FN4O3S2/c1-2-32(29,30)18-7-4-16(5-8-18)21(28)27(12-3-11-26-13-10-24-15-26)22-25-19-9-6-17(23)14-20(19)31-22/h4-10,13-15H,2-3,11-12H2,1H3. The van der Waals surface area contributed by atoms with Gasteiger partial charge in [0, 0.05) is 31.0 Å². The van der Waals surface area contributed by atoms with Crippen molar-refractivity contribution in [2.75, 3.05) is 17.2 Å². The summed E-state index contributed by atoms with van der Waals surface area (Å²) >= 11 is 1.24. The number of thiazole rings is 1. The van der Waals surface area contributed by atoms with Gasteiger partial charge in [0.1, 0.15) is 5.82 Å². The molecule has 10 heteroatoms. The molecule has 0 fully saturated rings. The Bertz CT molecular complexity index is 1330. The molecule has 7 nitrogen and oxygen atoms in total. The Kier molecular flexibility index (Phi) is 6.33. The van der Waals surface area contributed by atoms with Gasteiger partial charge in [-0.15, -0.1) is 0 Å². The predicted molar refractivity (Wildman–Crippen MR) is 122 cm³/mol. The molecule has 0 aliphatic heterocycles. The number of halogens is 1. The fourth-order valence-electron chi connectivity index (χ4n) is 3.24. The fourth-order valence-corrected chi connectivity index (χ4v) is 5.14. The van der Waals surface area contributed by atoms with E-state index in [0.29, 0.717) is 40.4 Å². The average molecular weight is 473 g/mol. The van der Waals surface area contributed by atoms with Gasteiger partial charge in [-0.2, -0.15) is 0 Å². The molecule has 2 heterocycles. The number of rotatable bonds is 8. The molecule has 0 saturated carbocycles. The van der Waals surface area contributed by atoms with E-state index in [9.17, 15) is 17.6 Å². The third kappa shape index (κ3) is 4.71. The molecule has 166 valence electrons. The molecule has 0 saturated heterocycles. The first kappa shape index (κ1) is 22.1. The summed E-state index contributed by atoms with van der Waals surface area (Å²) < 4.78 is 40.4. The zero-order valence-corrected chi connectivity index (χ0v) is 18.9. The molecule has 0 N–H and O–H groups in total. The van der Waals surface area contributed by atoms with Crippen LogP contribution in [-0.4, -0.2) is 41.2 Å². The van der Waals surface area contributed by atoms with E-state index in [0.717, 1.165) is 0 Å². The van der Waals surface area contributed by atoms with Crippen molar-refractivity contribution in [3.05, 3.63) is 72.6 Å². The van der Waals surface area contributed by atoms with E-state index in [4.69, 9.17) is 0 Å². The van der Waals surface area contributed by atoms with Crippen LogP contribution in [0.25, 0.3) is 10.2 Å². The van der Waals surface area contributed by atoms with Crippen LogP contribution in [-0.2, 0) is 16.4 Å². The molecule has 2 aromatic carbocycles. The molecule has 0 unspecified atom stereocenters. The van der Waals surface area contributed by atoms with Crippen molar-refractivity contribution < 1.29 is 17.6 Å². The fraction of sp³-hybridized carbons (Fsp3) is 0.227. The first-order chi connectivity index (χ1) is 15.4. The van der Waals surface area contributed by atoms with Crippen molar-refractivity contribution in [1.29, 1.82) is 0 Å². The first-order valence-electron chi connectivity index (χ1n) is 10.0. The topological polar surface area (TPSA) is 85.2 Å². The van der Waals surface area contributed by atoms with E-state index in [2.05, 4.69) is 9.97 Å². The van der Waals surface area contributed by atoms with Gasteiger partial charge in [-0.3, -0.25) is 9.69 Å². The number of hydrogen-bond acceptors (Lipinski definition) is 6. The van der Waals surface area contributed by atoms with Crippen molar-refractivity contribution in [1.82, 2.24) is 14.5 Å². The number of carbonyl (C=O) groups is 1. The first-order valence-corrected chi connectivity index (χ1v) is 12.5. The highest BCUT2D eigenvalue weighted by Gasteiger charge is 2.22. The molecule has 0 aliphatic rings. The van der Waals surface area contributed by atoms with Gasteiger partial charge in [-0.1, -0.05) is 18.3 Å². The van der Waals surface area contributed by atoms with Crippen LogP contribution in [0.1, 0.15) is 23.7 Å². The summed E-state index contributed by atoms with van der Waals surface area (Å²) in [6, 6.07) is 10.2. The molecule has 0 bridgehead atoms. The molecule has 4 rings (SSSR count). The Balaban J connectivity index is 1.63. The summed E-state index contributed by atoms with van der Waals surface area (Å²) in [6.07, 6.45) is 5.89. The van der Waals surface area contributed by atoms with E-state index < -0.39 is 9.84 Å². The highest BCUT2D eigenvalue weighted by Crippen LogP contribution is 2.30. The summed E-state index contributed by atoms with van der Waals surface area (Å²) in [7, 11) is -3.35. The molecule has 2 aromatic heterocycles. The Hall–Kier alpha value is -3.11. The molecule has 1 amide bonds. The van der Waals surface area contributed by atoms with Crippen molar-refractivity contribution >= 4 is 42.4 Å². The van der Waals surface area contributed by atoms with Crippen LogP contribution in [0.4, 0.5) is 9.52 Å². The van der Waals surface area contributed by atoms with Crippen LogP contribution in [0.5, 0.6) is 0 Å². The monoisotopic (exact) mass is 472 g/mol.